The van der Waals surface area contributed by atoms with E-state index in [2.05, 4.69) is 57.3 Å². The Morgan fingerprint density at radius 3 is 2.17 bits per heavy atom. The van der Waals surface area contributed by atoms with Gasteiger partial charge in [0.15, 0.2) is 0 Å². The van der Waals surface area contributed by atoms with Gasteiger partial charge in [-0.05, 0) is 31.7 Å². The fourth-order valence-corrected chi connectivity index (χ4v) is 2.21. The lowest BCUT2D eigenvalue weighted by Crippen LogP contribution is -2.04. The van der Waals surface area contributed by atoms with Crippen molar-refractivity contribution < 1.29 is 0 Å². The second-order valence-electron chi connectivity index (χ2n) is 5.86. The third-order valence-corrected chi connectivity index (χ3v) is 3.27. The molecule has 2 heterocycles. The van der Waals surface area contributed by atoms with Crippen LogP contribution < -0.4 is 0 Å². The van der Waals surface area contributed by atoms with E-state index in [-0.39, 0.29) is 0 Å². The average molecular weight is 245 g/mol. The highest BCUT2D eigenvalue weighted by Gasteiger charge is 2.16. The zero-order valence-electron chi connectivity index (χ0n) is 12.2. The monoisotopic (exact) mass is 245 g/mol. The highest BCUT2D eigenvalue weighted by atomic mass is 15.3. The van der Waals surface area contributed by atoms with Crippen LogP contribution in [0.25, 0.3) is 10.9 Å². The van der Waals surface area contributed by atoms with Crippen molar-refractivity contribution in [2.45, 2.75) is 59.4 Å². The van der Waals surface area contributed by atoms with E-state index in [1.807, 2.05) is 6.20 Å². The Labute approximate surface area is 109 Å². The minimum absolute atomic E-state index is 0.377. The van der Waals surface area contributed by atoms with Gasteiger partial charge in [0.05, 0.1) is 11.2 Å². The van der Waals surface area contributed by atoms with Gasteiger partial charge in [0.1, 0.15) is 0 Å². The van der Waals surface area contributed by atoms with Crippen molar-refractivity contribution in [1.82, 2.24) is 14.8 Å². The van der Waals surface area contributed by atoms with Gasteiger partial charge in [0, 0.05) is 23.3 Å². The standard InChI is InChI=1S/C15H23N3/c1-9(2)13-7-14-12(8-16-13)15(10(3)4)17-18(14)11(5)6/h7-11H,1-6H3. The molecule has 0 unspecified atom stereocenters. The molecule has 2 aromatic heterocycles. The fourth-order valence-electron chi connectivity index (χ4n) is 2.21. The zero-order chi connectivity index (χ0) is 13.4. The van der Waals surface area contributed by atoms with Crippen molar-refractivity contribution in [3.8, 4) is 0 Å². The lowest BCUT2D eigenvalue weighted by atomic mass is 10.1. The second kappa shape index (κ2) is 4.71. The van der Waals surface area contributed by atoms with Gasteiger partial charge < -0.3 is 0 Å². The first kappa shape index (κ1) is 13.1. The molecule has 0 spiro atoms. The molecule has 18 heavy (non-hydrogen) atoms. The Hall–Kier alpha value is -1.38. The van der Waals surface area contributed by atoms with Gasteiger partial charge in [-0.25, -0.2) is 0 Å². The van der Waals surface area contributed by atoms with E-state index in [1.54, 1.807) is 0 Å². The summed E-state index contributed by atoms with van der Waals surface area (Å²) in [5.41, 5.74) is 3.51. The van der Waals surface area contributed by atoms with Crippen LogP contribution >= 0.6 is 0 Å². The molecule has 98 valence electrons. The van der Waals surface area contributed by atoms with E-state index >= 15 is 0 Å². The average Bonchev–Trinajstić information content (AvgIpc) is 2.67. The smallest absolute Gasteiger partial charge is 0.0744 e. The molecule has 2 rings (SSSR count). The summed E-state index contributed by atoms with van der Waals surface area (Å²) in [4.78, 5) is 4.57. The summed E-state index contributed by atoms with van der Waals surface area (Å²) in [6, 6.07) is 2.57. The number of nitrogens with zero attached hydrogens (tertiary/aromatic N) is 3. The molecular weight excluding hydrogens is 222 g/mol. The Morgan fingerprint density at radius 2 is 1.67 bits per heavy atom. The third kappa shape index (κ3) is 2.14. The number of hydrogen-bond donors (Lipinski definition) is 0. The Morgan fingerprint density at radius 1 is 1.00 bits per heavy atom. The highest BCUT2D eigenvalue weighted by molar-refractivity contribution is 5.82. The molecule has 0 amide bonds. The maximum absolute atomic E-state index is 4.77. The number of rotatable bonds is 3. The van der Waals surface area contributed by atoms with Crippen LogP contribution in [0.15, 0.2) is 12.3 Å². The number of pyridine rings is 1. The van der Waals surface area contributed by atoms with Crippen LogP contribution in [0.5, 0.6) is 0 Å². The molecular formula is C15H23N3. The molecule has 0 N–H and O–H groups in total. The molecule has 0 aliphatic carbocycles. The summed E-state index contributed by atoms with van der Waals surface area (Å²) < 4.78 is 2.12. The maximum atomic E-state index is 4.77. The van der Waals surface area contributed by atoms with Gasteiger partial charge in [-0.1, -0.05) is 27.7 Å². The fraction of sp³-hybridized carbons (Fsp3) is 0.600. The quantitative estimate of drug-likeness (QED) is 0.809. The molecule has 3 nitrogen and oxygen atoms in total. The number of aromatic nitrogens is 3. The topological polar surface area (TPSA) is 30.7 Å². The SMILES string of the molecule is CC(C)c1cc2c(cn1)c(C(C)C)nn2C(C)C. The van der Waals surface area contributed by atoms with Gasteiger partial charge in [-0.2, -0.15) is 5.10 Å². The van der Waals surface area contributed by atoms with E-state index in [0.717, 1.165) is 11.4 Å². The van der Waals surface area contributed by atoms with Crippen LogP contribution in [-0.4, -0.2) is 14.8 Å². The molecule has 0 aliphatic rings. The van der Waals surface area contributed by atoms with Gasteiger partial charge in [-0.15, -0.1) is 0 Å². The lowest BCUT2D eigenvalue weighted by molar-refractivity contribution is 0.539. The normalized spacial score (nSPS) is 12.3. The van der Waals surface area contributed by atoms with E-state index in [4.69, 9.17) is 5.10 Å². The molecule has 0 aromatic carbocycles. The minimum atomic E-state index is 0.377. The Kier molecular flexibility index (Phi) is 3.42. The first-order valence-electron chi connectivity index (χ1n) is 6.79. The van der Waals surface area contributed by atoms with Crippen LogP contribution in [0.2, 0.25) is 0 Å². The zero-order valence-corrected chi connectivity index (χ0v) is 12.2. The summed E-state index contributed by atoms with van der Waals surface area (Å²) in [6.45, 7) is 13.1. The second-order valence-corrected chi connectivity index (χ2v) is 5.86. The molecule has 3 heteroatoms. The van der Waals surface area contributed by atoms with E-state index in [0.29, 0.717) is 17.9 Å². The van der Waals surface area contributed by atoms with E-state index < -0.39 is 0 Å². The summed E-state index contributed by atoms with van der Waals surface area (Å²) in [5, 5.41) is 5.96. The highest BCUT2D eigenvalue weighted by Crippen LogP contribution is 2.28. The van der Waals surface area contributed by atoms with Crippen LogP contribution in [0.1, 0.15) is 70.8 Å². The summed E-state index contributed by atoms with van der Waals surface area (Å²) >= 11 is 0. The van der Waals surface area contributed by atoms with Crippen LogP contribution in [-0.2, 0) is 0 Å². The molecule has 0 fully saturated rings. The van der Waals surface area contributed by atoms with Crippen molar-refractivity contribution in [3.63, 3.8) is 0 Å². The van der Waals surface area contributed by atoms with Crippen molar-refractivity contribution in [1.29, 1.82) is 0 Å². The summed E-state index contributed by atoms with van der Waals surface area (Å²) in [7, 11) is 0. The summed E-state index contributed by atoms with van der Waals surface area (Å²) in [6.07, 6.45) is 1.99. The van der Waals surface area contributed by atoms with Crippen LogP contribution in [0.3, 0.4) is 0 Å². The van der Waals surface area contributed by atoms with E-state index in [9.17, 15) is 0 Å². The van der Waals surface area contributed by atoms with Gasteiger partial charge in [0.25, 0.3) is 0 Å². The molecule has 0 radical (unpaired) electrons. The van der Waals surface area contributed by atoms with Gasteiger partial charge >= 0.3 is 0 Å². The largest absolute Gasteiger partial charge is 0.262 e. The third-order valence-electron chi connectivity index (χ3n) is 3.27. The number of hydrogen-bond acceptors (Lipinski definition) is 2. The Balaban J connectivity index is 2.71. The van der Waals surface area contributed by atoms with Crippen LogP contribution in [0.4, 0.5) is 0 Å². The minimum Gasteiger partial charge on any atom is -0.262 e. The van der Waals surface area contributed by atoms with E-state index in [1.165, 1.54) is 10.9 Å². The molecule has 0 bridgehead atoms. The predicted octanol–water partition coefficient (Wildman–Crippen LogP) is 4.26. The van der Waals surface area contributed by atoms with Gasteiger partial charge in [0.2, 0.25) is 0 Å². The summed E-state index contributed by atoms with van der Waals surface area (Å²) in [5.74, 6) is 0.881. The first-order chi connectivity index (χ1) is 8.41. The van der Waals surface area contributed by atoms with Crippen molar-refractivity contribution in [3.05, 3.63) is 23.7 Å². The predicted molar refractivity (Wildman–Crippen MR) is 76.1 cm³/mol. The number of fused-ring (bicyclic) bond motifs is 1. The van der Waals surface area contributed by atoms with Crippen molar-refractivity contribution in [2.24, 2.45) is 0 Å². The van der Waals surface area contributed by atoms with Crippen LogP contribution in [0, 0.1) is 0 Å². The maximum Gasteiger partial charge on any atom is 0.0744 e. The molecule has 0 aliphatic heterocycles. The molecule has 0 saturated heterocycles. The van der Waals surface area contributed by atoms with Gasteiger partial charge in [-0.3, -0.25) is 9.67 Å². The van der Waals surface area contributed by atoms with Crippen molar-refractivity contribution >= 4 is 10.9 Å². The first-order valence-corrected chi connectivity index (χ1v) is 6.79. The molecule has 0 saturated carbocycles. The van der Waals surface area contributed by atoms with Crippen molar-refractivity contribution in [2.75, 3.05) is 0 Å². The molecule has 0 atom stereocenters. The Bertz CT molecular complexity index is 550. The molecule has 2 aromatic rings. The lowest BCUT2D eigenvalue weighted by Gasteiger charge is -2.09.